The Kier molecular flexibility index (Phi) is 11.8. The number of H-pyrrole nitrogens is 3. The summed E-state index contributed by atoms with van der Waals surface area (Å²) in [5.41, 5.74) is 16.6. The van der Waals surface area contributed by atoms with Crippen LogP contribution in [0, 0.1) is 32.6 Å². The maximum Gasteiger partial charge on any atom is 0.310 e. The van der Waals surface area contributed by atoms with Crippen LogP contribution in [0.1, 0.15) is 101 Å². The Balaban J connectivity index is 1.86. The zero-order valence-electron chi connectivity index (χ0n) is 30.8. The van der Waals surface area contributed by atoms with Crippen molar-refractivity contribution in [2.24, 2.45) is 17.6 Å². The third-order valence-electron chi connectivity index (χ3n) is 10.4. The second kappa shape index (κ2) is 16.0. The molecule has 2 aliphatic rings. The van der Waals surface area contributed by atoms with Gasteiger partial charge in [0.25, 0.3) is 5.91 Å². The van der Waals surface area contributed by atoms with E-state index in [1.807, 2.05) is 13.0 Å². The van der Waals surface area contributed by atoms with Crippen molar-refractivity contribution in [1.82, 2.24) is 25.6 Å². The molecule has 0 aromatic carbocycles. The van der Waals surface area contributed by atoms with Crippen molar-refractivity contribution in [3.8, 4) is 0 Å². The van der Waals surface area contributed by atoms with Gasteiger partial charge in [0.2, 0.25) is 0 Å². The van der Waals surface area contributed by atoms with Crippen LogP contribution >= 0.6 is 0 Å². The lowest BCUT2D eigenvalue weighted by molar-refractivity contribution is -0.139. The number of esters is 1. The summed E-state index contributed by atoms with van der Waals surface area (Å²) in [7, 11) is 1.33. The average Bonchev–Trinajstić information content (AvgIpc) is 3.78. The van der Waals surface area contributed by atoms with Gasteiger partial charge in [-0.05, 0) is 86.1 Å². The number of ether oxygens (including phenoxy) is 2. The fourth-order valence-corrected chi connectivity index (χ4v) is 7.53. The summed E-state index contributed by atoms with van der Waals surface area (Å²) in [4.78, 5) is 50.0. The summed E-state index contributed by atoms with van der Waals surface area (Å²) in [6.07, 6.45) is 8.04. The first-order chi connectivity index (χ1) is 24.4. The highest BCUT2D eigenvalue weighted by atomic mass is 16.5. The minimum Gasteiger partial charge on any atom is -0.481 e. The number of methoxy groups -OCH3 is 1. The molecule has 0 saturated carbocycles. The Bertz CT molecular complexity index is 2010. The molecular weight excluding hydrogens is 648 g/mol. The van der Waals surface area contributed by atoms with Crippen molar-refractivity contribution in [2.45, 2.75) is 73.6 Å². The van der Waals surface area contributed by atoms with Crippen LogP contribution in [-0.4, -0.2) is 71.3 Å². The number of hydrogen-bond donors (Lipinski definition) is 7. The summed E-state index contributed by atoms with van der Waals surface area (Å²) in [6.45, 7) is 13.8. The van der Waals surface area contributed by atoms with E-state index in [0.29, 0.717) is 60.0 Å². The van der Waals surface area contributed by atoms with Crippen molar-refractivity contribution in [1.29, 1.82) is 0 Å². The fourth-order valence-electron chi connectivity index (χ4n) is 7.53. The van der Waals surface area contributed by atoms with Crippen LogP contribution in [-0.2, 0) is 31.9 Å². The summed E-state index contributed by atoms with van der Waals surface area (Å²) in [5.74, 6) is -2.13. The van der Waals surface area contributed by atoms with E-state index in [-0.39, 0.29) is 37.1 Å². The summed E-state index contributed by atoms with van der Waals surface area (Å²) in [5, 5.41) is 18.3. The SMILES string of the molecule is CCc1c2[nH]c(c1C)C=C1NC(=C(CC(=O)OC)c3[nH]c(c(C)c3C(=O)NCCOCCN)C=c3[nH]c(c(C)c3CC)=C2)C(CCC(=O)O)C1C. The number of aromatic amines is 3. The van der Waals surface area contributed by atoms with E-state index < -0.39 is 11.9 Å². The van der Waals surface area contributed by atoms with Crippen LogP contribution in [0.2, 0.25) is 0 Å². The topological polar surface area (TPSA) is 187 Å². The van der Waals surface area contributed by atoms with E-state index in [4.69, 9.17) is 15.2 Å². The van der Waals surface area contributed by atoms with Gasteiger partial charge in [0, 0.05) is 76.1 Å². The molecule has 2 atom stereocenters. The van der Waals surface area contributed by atoms with Gasteiger partial charge in [-0.3, -0.25) is 14.4 Å². The molecule has 3 aromatic heterocycles. The third kappa shape index (κ3) is 7.62. The molecule has 1 fully saturated rings. The number of hydrogen-bond acceptors (Lipinski definition) is 7. The lowest BCUT2D eigenvalue weighted by Crippen LogP contribution is -2.29. The van der Waals surface area contributed by atoms with Crippen LogP contribution in [0.4, 0.5) is 0 Å². The van der Waals surface area contributed by atoms with Gasteiger partial charge in [0.15, 0.2) is 0 Å². The fraction of sp³-hybridized carbons (Fsp3) is 0.462. The number of fused-ring (bicyclic) bond motifs is 8. The van der Waals surface area contributed by atoms with Gasteiger partial charge in [-0.2, -0.15) is 0 Å². The van der Waals surface area contributed by atoms with Gasteiger partial charge in [0.1, 0.15) is 0 Å². The molecule has 0 radical (unpaired) electrons. The minimum atomic E-state index is -0.906. The monoisotopic (exact) mass is 700 g/mol. The lowest BCUT2D eigenvalue weighted by Gasteiger charge is -2.19. The first-order valence-electron chi connectivity index (χ1n) is 17.8. The number of rotatable bonds is 13. The molecule has 8 bridgehead atoms. The molecule has 12 nitrogen and oxygen atoms in total. The highest BCUT2D eigenvalue weighted by molar-refractivity contribution is 6.03. The zero-order valence-corrected chi connectivity index (χ0v) is 30.8. The van der Waals surface area contributed by atoms with Gasteiger partial charge < -0.3 is 45.9 Å². The van der Waals surface area contributed by atoms with Crippen LogP contribution in [0.25, 0.3) is 23.8 Å². The molecule has 8 N–H and O–H groups in total. The largest absolute Gasteiger partial charge is 0.481 e. The van der Waals surface area contributed by atoms with Crippen LogP contribution in [0.3, 0.4) is 0 Å². The Morgan fingerprint density at radius 2 is 1.61 bits per heavy atom. The number of aromatic nitrogens is 3. The molecule has 0 aliphatic carbocycles. The molecule has 0 spiro atoms. The Morgan fingerprint density at radius 1 is 0.902 bits per heavy atom. The van der Waals surface area contributed by atoms with Crippen molar-refractivity contribution in [2.75, 3.05) is 33.4 Å². The lowest BCUT2D eigenvalue weighted by atomic mass is 9.85. The first-order valence-corrected chi connectivity index (χ1v) is 17.8. The normalized spacial score (nSPS) is 16.7. The van der Waals surface area contributed by atoms with Crippen molar-refractivity contribution < 1.29 is 29.0 Å². The molecule has 51 heavy (non-hydrogen) atoms. The second-order valence-corrected chi connectivity index (χ2v) is 13.4. The van der Waals surface area contributed by atoms with E-state index in [9.17, 15) is 19.5 Å². The highest BCUT2D eigenvalue weighted by Gasteiger charge is 2.37. The smallest absolute Gasteiger partial charge is 0.310 e. The summed E-state index contributed by atoms with van der Waals surface area (Å²) in [6, 6.07) is 0. The number of allylic oxidation sites excluding steroid dienone is 2. The van der Waals surface area contributed by atoms with Gasteiger partial charge in [0.05, 0.1) is 38.0 Å². The van der Waals surface area contributed by atoms with E-state index in [2.05, 4.69) is 72.4 Å². The number of carboxylic acids is 1. The number of carbonyl (C=O) groups is 3. The maximum absolute atomic E-state index is 14.1. The molecule has 1 saturated heterocycles. The van der Waals surface area contributed by atoms with Gasteiger partial charge in [-0.25, -0.2) is 0 Å². The third-order valence-corrected chi connectivity index (χ3v) is 10.4. The number of carbonyl (C=O) groups excluding carboxylic acids is 2. The number of aliphatic carboxylic acids is 1. The molecule has 3 aromatic rings. The molecule has 5 heterocycles. The Morgan fingerprint density at radius 3 is 2.27 bits per heavy atom. The summed E-state index contributed by atoms with van der Waals surface area (Å²) >= 11 is 0. The molecule has 1 amide bonds. The molecule has 12 heteroatoms. The quantitative estimate of drug-likeness (QED) is 0.104. The van der Waals surface area contributed by atoms with Crippen LogP contribution < -0.4 is 27.1 Å². The van der Waals surface area contributed by atoms with Gasteiger partial charge in [-0.15, -0.1) is 0 Å². The van der Waals surface area contributed by atoms with Crippen molar-refractivity contribution in [3.63, 3.8) is 0 Å². The van der Waals surface area contributed by atoms with Gasteiger partial charge in [-0.1, -0.05) is 20.8 Å². The zero-order chi connectivity index (χ0) is 37.0. The van der Waals surface area contributed by atoms with E-state index in [1.54, 1.807) is 0 Å². The molecule has 2 aliphatic heterocycles. The standard InChI is InChI=1S/C39H52N6O6/c1-8-24-20(3)28-17-30-22(5)26(10-11-34(46)47)37(44-30)27(16-35(48)50-7)38-36(39(49)41-13-15-51-14-12-40)23(6)31(45-38)19-33-25(9-2)21(4)29(43-33)18-32(24)42-28/h17-19,22,26,42-45H,8-16,40H2,1-7H3,(H,41,49)(H,46,47). The minimum absolute atomic E-state index is 0.0629. The molecule has 5 rings (SSSR count). The van der Waals surface area contributed by atoms with Crippen molar-refractivity contribution >= 4 is 41.6 Å². The van der Waals surface area contributed by atoms with Crippen LogP contribution in [0.15, 0.2) is 11.4 Å². The predicted molar refractivity (Wildman–Crippen MR) is 198 cm³/mol. The molecule has 274 valence electrons. The number of nitrogens with one attached hydrogen (secondary N) is 5. The van der Waals surface area contributed by atoms with Gasteiger partial charge >= 0.3 is 11.9 Å². The summed E-state index contributed by atoms with van der Waals surface area (Å²) < 4.78 is 10.7. The first kappa shape index (κ1) is 37.4. The van der Waals surface area contributed by atoms with Crippen molar-refractivity contribution in [3.05, 3.63) is 78.2 Å². The number of carboxylic acid groups (broad SMARTS) is 1. The highest BCUT2D eigenvalue weighted by Crippen LogP contribution is 2.43. The number of nitrogens with two attached hydrogens (primary N) is 1. The molecular formula is C39H52N6O6. The predicted octanol–water partition coefficient (Wildman–Crippen LogP) is 3.43. The average molecular weight is 701 g/mol. The Hall–Kier alpha value is -4.81. The number of amides is 1. The Labute approximate surface area is 298 Å². The molecule has 2 unspecified atom stereocenters. The second-order valence-electron chi connectivity index (χ2n) is 13.4. The van der Waals surface area contributed by atoms with E-state index >= 15 is 0 Å². The van der Waals surface area contributed by atoms with E-state index in [0.717, 1.165) is 57.3 Å². The van der Waals surface area contributed by atoms with Crippen LogP contribution in [0.5, 0.6) is 0 Å². The maximum atomic E-state index is 14.1. The van der Waals surface area contributed by atoms with E-state index in [1.165, 1.54) is 12.7 Å².